The average Bonchev–Trinajstić information content (AvgIpc) is 3.33. The number of carbonyl (C=O) groups is 2. The minimum atomic E-state index is -0.155. The number of fused-ring (bicyclic) bond motifs is 1. The third kappa shape index (κ3) is 4.83. The first kappa shape index (κ1) is 21.2. The molecule has 0 spiro atoms. The van der Waals surface area contributed by atoms with Crippen molar-refractivity contribution >= 4 is 51.9 Å². The number of hydrogen-bond donors (Lipinski definition) is 1. The third-order valence-corrected chi connectivity index (χ3v) is 6.11. The molecule has 2 aromatic carbocycles. The number of rotatable bonds is 7. The van der Waals surface area contributed by atoms with Gasteiger partial charge in [0.25, 0.3) is 5.91 Å². The fourth-order valence-corrected chi connectivity index (χ4v) is 4.51. The highest BCUT2D eigenvalue weighted by molar-refractivity contribution is 8.26. The van der Waals surface area contributed by atoms with Crippen LogP contribution in [0.1, 0.15) is 18.4 Å². The molecule has 0 unspecified atom stereocenters. The normalized spacial score (nSPS) is 16.2. The van der Waals surface area contributed by atoms with Gasteiger partial charge in [-0.25, -0.2) is 0 Å². The molecule has 2 aromatic rings. The lowest BCUT2D eigenvalue weighted by molar-refractivity contribution is -0.122. The number of thiocarbonyl (C=S) groups is 1. The van der Waals surface area contributed by atoms with Gasteiger partial charge in [-0.15, -0.1) is 0 Å². The lowest BCUT2D eigenvalue weighted by Crippen LogP contribution is -2.29. The Kier molecular flexibility index (Phi) is 6.43. The predicted octanol–water partition coefficient (Wildman–Crippen LogP) is 4.04. The van der Waals surface area contributed by atoms with Crippen molar-refractivity contribution in [2.45, 2.75) is 12.8 Å². The average molecular weight is 457 g/mol. The molecular weight excluding hydrogens is 436 g/mol. The van der Waals surface area contributed by atoms with Crippen molar-refractivity contribution in [2.75, 3.05) is 25.8 Å². The van der Waals surface area contributed by atoms with Crippen LogP contribution in [0.2, 0.25) is 0 Å². The summed E-state index contributed by atoms with van der Waals surface area (Å²) < 4.78 is 16.4. The van der Waals surface area contributed by atoms with E-state index in [0.717, 1.165) is 5.56 Å². The molecule has 0 aromatic heterocycles. The number of carbonyl (C=O) groups excluding carboxylic acids is 2. The molecule has 1 N–H and O–H groups in total. The first-order valence-electron chi connectivity index (χ1n) is 9.63. The highest BCUT2D eigenvalue weighted by atomic mass is 32.2. The molecule has 2 heterocycles. The van der Waals surface area contributed by atoms with E-state index in [4.69, 9.17) is 26.4 Å². The zero-order chi connectivity index (χ0) is 21.8. The van der Waals surface area contributed by atoms with E-state index in [1.54, 1.807) is 25.3 Å². The van der Waals surface area contributed by atoms with Crippen molar-refractivity contribution in [3.05, 3.63) is 52.9 Å². The number of nitrogens with zero attached hydrogens (tertiary/aromatic N) is 1. The molecular formula is C22H20N2O5S2. The molecule has 0 aliphatic carbocycles. The largest absolute Gasteiger partial charge is 0.495 e. The van der Waals surface area contributed by atoms with Gasteiger partial charge < -0.3 is 19.5 Å². The molecule has 1 saturated heterocycles. The number of thioether (sulfide) groups is 1. The number of methoxy groups -OCH3 is 1. The fraction of sp³-hybridized carbons (Fsp3) is 0.227. The van der Waals surface area contributed by atoms with Crippen LogP contribution in [0.3, 0.4) is 0 Å². The third-order valence-electron chi connectivity index (χ3n) is 4.73. The zero-order valence-corrected chi connectivity index (χ0v) is 18.4. The van der Waals surface area contributed by atoms with Crippen molar-refractivity contribution in [1.82, 2.24) is 4.90 Å². The second-order valence-electron chi connectivity index (χ2n) is 6.80. The van der Waals surface area contributed by atoms with Crippen molar-refractivity contribution in [1.29, 1.82) is 0 Å². The van der Waals surface area contributed by atoms with Crippen LogP contribution in [0.15, 0.2) is 47.4 Å². The molecule has 160 valence electrons. The van der Waals surface area contributed by atoms with E-state index in [0.29, 0.717) is 45.1 Å². The molecule has 2 aliphatic heterocycles. The summed E-state index contributed by atoms with van der Waals surface area (Å²) in [5.74, 6) is 1.64. The summed E-state index contributed by atoms with van der Waals surface area (Å²) in [5, 5.41) is 2.83. The van der Waals surface area contributed by atoms with Crippen LogP contribution in [0.4, 0.5) is 5.69 Å². The number of benzene rings is 2. The highest BCUT2D eigenvalue weighted by Gasteiger charge is 2.31. The Labute approximate surface area is 189 Å². The van der Waals surface area contributed by atoms with E-state index in [-0.39, 0.29) is 25.0 Å². The molecule has 31 heavy (non-hydrogen) atoms. The second-order valence-corrected chi connectivity index (χ2v) is 8.47. The van der Waals surface area contributed by atoms with Gasteiger partial charge in [0.2, 0.25) is 12.7 Å². The van der Waals surface area contributed by atoms with Gasteiger partial charge in [-0.3, -0.25) is 14.5 Å². The molecule has 2 aliphatic rings. The molecule has 0 saturated carbocycles. The summed E-state index contributed by atoms with van der Waals surface area (Å²) in [6.45, 7) is 0.577. The number of amides is 2. The van der Waals surface area contributed by atoms with E-state index < -0.39 is 0 Å². The summed E-state index contributed by atoms with van der Waals surface area (Å²) in [4.78, 5) is 27.1. The van der Waals surface area contributed by atoms with Crippen LogP contribution in [-0.4, -0.2) is 41.5 Å². The van der Waals surface area contributed by atoms with Gasteiger partial charge in [0.15, 0.2) is 11.5 Å². The Morgan fingerprint density at radius 1 is 1.26 bits per heavy atom. The molecule has 9 heteroatoms. The SMILES string of the molecule is COc1ccccc1NC(=O)CCCN1C(=O)/C(=C/c2ccc3c(c2)OCO3)SC1=S. The van der Waals surface area contributed by atoms with Crippen LogP contribution in [0, 0.1) is 0 Å². The molecule has 0 atom stereocenters. The summed E-state index contributed by atoms with van der Waals surface area (Å²) in [6, 6.07) is 12.7. The first-order valence-corrected chi connectivity index (χ1v) is 10.9. The standard InChI is InChI=1S/C22H20N2O5S2/c1-27-16-6-3-2-5-15(16)23-20(25)7-4-10-24-21(26)19(31-22(24)30)12-14-8-9-17-18(11-14)29-13-28-17/h2-3,5-6,8-9,11-12H,4,7,10,13H2,1H3,(H,23,25)/b19-12-. The Bertz CT molecular complexity index is 1070. The molecule has 0 radical (unpaired) electrons. The quantitative estimate of drug-likeness (QED) is 0.498. The van der Waals surface area contributed by atoms with Crippen molar-refractivity contribution < 1.29 is 23.8 Å². The molecule has 4 rings (SSSR count). The molecule has 1 fully saturated rings. The van der Waals surface area contributed by atoms with Crippen LogP contribution in [0.5, 0.6) is 17.2 Å². The number of hydrogen-bond acceptors (Lipinski definition) is 7. The Hall–Kier alpha value is -3.04. The van der Waals surface area contributed by atoms with E-state index in [1.165, 1.54) is 16.7 Å². The van der Waals surface area contributed by atoms with E-state index >= 15 is 0 Å². The van der Waals surface area contributed by atoms with Crippen LogP contribution < -0.4 is 19.5 Å². The lowest BCUT2D eigenvalue weighted by Gasteiger charge is -2.14. The van der Waals surface area contributed by atoms with Crippen molar-refractivity contribution in [2.24, 2.45) is 0 Å². The maximum absolute atomic E-state index is 12.8. The lowest BCUT2D eigenvalue weighted by atomic mass is 10.2. The zero-order valence-electron chi connectivity index (χ0n) is 16.8. The van der Waals surface area contributed by atoms with Crippen molar-refractivity contribution in [3.8, 4) is 17.2 Å². The Morgan fingerprint density at radius 3 is 2.90 bits per heavy atom. The van der Waals surface area contributed by atoms with Gasteiger partial charge >= 0.3 is 0 Å². The number of anilines is 1. The Morgan fingerprint density at radius 2 is 2.06 bits per heavy atom. The minimum absolute atomic E-state index is 0.147. The summed E-state index contributed by atoms with van der Waals surface area (Å²) in [6.07, 6.45) is 2.54. The van der Waals surface area contributed by atoms with Crippen molar-refractivity contribution in [3.63, 3.8) is 0 Å². The number of ether oxygens (including phenoxy) is 3. The van der Waals surface area contributed by atoms with Gasteiger partial charge in [0.05, 0.1) is 17.7 Å². The number of nitrogens with one attached hydrogen (secondary N) is 1. The van der Waals surface area contributed by atoms with Gasteiger partial charge in [0, 0.05) is 13.0 Å². The van der Waals surface area contributed by atoms with Gasteiger partial charge in [0.1, 0.15) is 10.1 Å². The maximum Gasteiger partial charge on any atom is 0.266 e. The van der Waals surface area contributed by atoms with E-state index in [1.807, 2.05) is 30.3 Å². The van der Waals surface area contributed by atoms with E-state index in [9.17, 15) is 9.59 Å². The predicted molar refractivity (Wildman–Crippen MR) is 123 cm³/mol. The van der Waals surface area contributed by atoms with Crippen LogP contribution in [0.25, 0.3) is 6.08 Å². The van der Waals surface area contributed by atoms with Crippen LogP contribution >= 0.6 is 24.0 Å². The minimum Gasteiger partial charge on any atom is -0.495 e. The second kappa shape index (κ2) is 9.40. The molecule has 2 amide bonds. The van der Waals surface area contributed by atoms with E-state index in [2.05, 4.69) is 5.32 Å². The monoisotopic (exact) mass is 456 g/mol. The maximum atomic E-state index is 12.8. The first-order chi connectivity index (χ1) is 15.0. The highest BCUT2D eigenvalue weighted by Crippen LogP contribution is 2.36. The molecule has 0 bridgehead atoms. The molecule has 7 nitrogen and oxygen atoms in total. The van der Waals surface area contributed by atoms with Crippen LogP contribution in [-0.2, 0) is 9.59 Å². The summed E-state index contributed by atoms with van der Waals surface area (Å²) in [5.41, 5.74) is 1.45. The van der Waals surface area contributed by atoms with Gasteiger partial charge in [-0.1, -0.05) is 42.2 Å². The van der Waals surface area contributed by atoms with Gasteiger partial charge in [-0.2, -0.15) is 0 Å². The van der Waals surface area contributed by atoms with Gasteiger partial charge in [-0.05, 0) is 42.3 Å². The smallest absolute Gasteiger partial charge is 0.266 e. The topological polar surface area (TPSA) is 77.1 Å². The Balaban J connectivity index is 1.32. The summed E-state index contributed by atoms with van der Waals surface area (Å²) in [7, 11) is 1.55. The summed E-state index contributed by atoms with van der Waals surface area (Å²) >= 11 is 6.63. The number of para-hydroxylation sites is 2. The fourth-order valence-electron chi connectivity index (χ4n) is 3.21.